The molecular weight excluding hydrogens is 352 g/mol. The first-order valence-electron chi connectivity index (χ1n) is 9.43. The number of halogens is 2. The lowest BCUT2D eigenvalue weighted by Crippen LogP contribution is -2.45. The number of carbonyl (C=O) groups excluding carboxylic acids is 1. The Balaban J connectivity index is 1.91. The Labute approximate surface area is 159 Å². The highest BCUT2D eigenvalue weighted by molar-refractivity contribution is 5.81. The number of guanidine groups is 1. The van der Waals surface area contributed by atoms with Crippen LogP contribution in [0.3, 0.4) is 0 Å². The zero-order valence-electron chi connectivity index (χ0n) is 16.2. The average Bonchev–Trinajstić information content (AvgIpc) is 3.02. The fraction of sp³-hybridized carbons (Fsp3) is 0.579. The molecule has 0 aliphatic carbocycles. The molecule has 0 radical (unpaired) electrons. The van der Waals surface area contributed by atoms with E-state index in [1.54, 1.807) is 4.90 Å². The van der Waals surface area contributed by atoms with E-state index in [-0.39, 0.29) is 23.7 Å². The largest absolute Gasteiger partial charge is 0.365 e. The predicted octanol–water partition coefficient (Wildman–Crippen LogP) is 2.01. The Morgan fingerprint density at radius 3 is 2.67 bits per heavy atom. The number of rotatable bonds is 7. The number of benzene rings is 1. The molecule has 1 aromatic carbocycles. The van der Waals surface area contributed by atoms with Gasteiger partial charge in [-0.3, -0.25) is 9.79 Å². The van der Waals surface area contributed by atoms with Crippen molar-refractivity contribution in [2.75, 3.05) is 31.1 Å². The van der Waals surface area contributed by atoms with Crippen molar-refractivity contribution in [1.82, 2.24) is 16.0 Å². The van der Waals surface area contributed by atoms with Crippen LogP contribution in [0.4, 0.5) is 14.5 Å². The molecule has 1 atom stereocenters. The Morgan fingerprint density at radius 1 is 1.33 bits per heavy atom. The molecular formula is C19H29F2N5O. The number of hydrogen-bond acceptors (Lipinski definition) is 3. The molecule has 1 amide bonds. The number of hydrogen-bond donors (Lipinski definition) is 3. The SMILES string of the molecule is CCNC(=NCCC(=O)NC(C)C)NC1CCN(c2c(F)cccc2F)C1. The second kappa shape index (κ2) is 10.1. The van der Waals surface area contributed by atoms with Gasteiger partial charge in [0.1, 0.15) is 17.3 Å². The van der Waals surface area contributed by atoms with Gasteiger partial charge in [0.05, 0.1) is 6.54 Å². The van der Waals surface area contributed by atoms with Gasteiger partial charge in [-0.05, 0) is 39.3 Å². The van der Waals surface area contributed by atoms with Crippen molar-refractivity contribution in [3.63, 3.8) is 0 Å². The van der Waals surface area contributed by atoms with Crippen molar-refractivity contribution >= 4 is 17.6 Å². The molecule has 1 aromatic rings. The molecule has 0 aromatic heterocycles. The first kappa shape index (κ1) is 20.9. The number of aliphatic imine (C=N–C) groups is 1. The summed E-state index contributed by atoms with van der Waals surface area (Å²) in [5.74, 6) is -0.526. The van der Waals surface area contributed by atoms with E-state index in [1.807, 2.05) is 20.8 Å². The van der Waals surface area contributed by atoms with Crippen molar-refractivity contribution in [2.45, 2.75) is 45.7 Å². The minimum atomic E-state index is -0.549. The van der Waals surface area contributed by atoms with E-state index in [4.69, 9.17) is 0 Å². The van der Waals surface area contributed by atoms with Crippen LogP contribution in [0.15, 0.2) is 23.2 Å². The van der Waals surface area contributed by atoms with Gasteiger partial charge in [0.15, 0.2) is 5.96 Å². The van der Waals surface area contributed by atoms with E-state index in [9.17, 15) is 13.6 Å². The van der Waals surface area contributed by atoms with Gasteiger partial charge in [-0.1, -0.05) is 6.07 Å². The molecule has 1 heterocycles. The summed E-state index contributed by atoms with van der Waals surface area (Å²) in [5, 5.41) is 9.26. The van der Waals surface area contributed by atoms with Crippen molar-refractivity contribution in [2.24, 2.45) is 4.99 Å². The molecule has 1 unspecified atom stereocenters. The van der Waals surface area contributed by atoms with Gasteiger partial charge in [0.25, 0.3) is 0 Å². The summed E-state index contributed by atoms with van der Waals surface area (Å²) in [4.78, 5) is 17.8. The molecule has 1 aliphatic heterocycles. The molecule has 8 heteroatoms. The summed E-state index contributed by atoms with van der Waals surface area (Å²) in [6.07, 6.45) is 1.05. The maximum absolute atomic E-state index is 14.0. The number of para-hydroxylation sites is 1. The van der Waals surface area contributed by atoms with Crippen LogP contribution in [0.25, 0.3) is 0 Å². The van der Waals surface area contributed by atoms with Crippen LogP contribution in [0.2, 0.25) is 0 Å². The number of nitrogens with zero attached hydrogens (tertiary/aromatic N) is 2. The lowest BCUT2D eigenvalue weighted by atomic mass is 10.2. The molecule has 1 saturated heterocycles. The maximum Gasteiger partial charge on any atom is 0.222 e. The topological polar surface area (TPSA) is 68.8 Å². The summed E-state index contributed by atoms with van der Waals surface area (Å²) in [5.41, 5.74) is 0.0223. The van der Waals surface area contributed by atoms with Crippen LogP contribution in [0, 0.1) is 11.6 Å². The zero-order chi connectivity index (χ0) is 19.8. The van der Waals surface area contributed by atoms with Crippen LogP contribution in [0.1, 0.15) is 33.6 Å². The third-order valence-corrected chi connectivity index (χ3v) is 4.19. The van der Waals surface area contributed by atoms with E-state index in [2.05, 4.69) is 20.9 Å². The monoisotopic (exact) mass is 381 g/mol. The van der Waals surface area contributed by atoms with Gasteiger partial charge < -0.3 is 20.9 Å². The van der Waals surface area contributed by atoms with Gasteiger partial charge in [0, 0.05) is 38.1 Å². The quantitative estimate of drug-likeness (QED) is 0.499. The Kier molecular flexibility index (Phi) is 7.82. The van der Waals surface area contributed by atoms with Gasteiger partial charge in [-0.2, -0.15) is 0 Å². The smallest absolute Gasteiger partial charge is 0.222 e. The molecule has 150 valence electrons. The second-order valence-corrected chi connectivity index (χ2v) is 6.88. The lowest BCUT2D eigenvalue weighted by Gasteiger charge is -2.21. The fourth-order valence-electron chi connectivity index (χ4n) is 3.05. The molecule has 6 nitrogen and oxygen atoms in total. The number of amides is 1. The standard InChI is InChI=1S/C19H29F2N5O/c1-4-22-19(23-10-8-17(27)24-13(2)3)25-14-9-11-26(12-14)18-15(20)6-5-7-16(18)21/h5-7,13-14H,4,8-12H2,1-3H3,(H,24,27)(H2,22,23,25). The van der Waals surface area contributed by atoms with E-state index in [0.717, 1.165) is 6.42 Å². The van der Waals surface area contributed by atoms with Crippen LogP contribution in [-0.4, -0.2) is 50.1 Å². The number of nitrogens with one attached hydrogen (secondary N) is 3. The molecule has 27 heavy (non-hydrogen) atoms. The van der Waals surface area contributed by atoms with E-state index >= 15 is 0 Å². The predicted molar refractivity (Wildman–Crippen MR) is 104 cm³/mol. The Morgan fingerprint density at radius 2 is 2.04 bits per heavy atom. The molecule has 0 spiro atoms. The molecule has 0 bridgehead atoms. The minimum Gasteiger partial charge on any atom is -0.365 e. The first-order valence-corrected chi connectivity index (χ1v) is 9.43. The summed E-state index contributed by atoms with van der Waals surface area (Å²) in [6, 6.07) is 4.04. The fourth-order valence-corrected chi connectivity index (χ4v) is 3.05. The maximum atomic E-state index is 14.0. The third-order valence-electron chi connectivity index (χ3n) is 4.19. The first-order chi connectivity index (χ1) is 12.9. The zero-order valence-corrected chi connectivity index (χ0v) is 16.2. The van der Waals surface area contributed by atoms with Crippen molar-refractivity contribution in [1.29, 1.82) is 0 Å². The third kappa shape index (κ3) is 6.37. The average molecular weight is 381 g/mol. The van der Waals surface area contributed by atoms with Gasteiger partial charge >= 0.3 is 0 Å². The van der Waals surface area contributed by atoms with Gasteiger partial charge in [0.2, 0.25) is 5.91 Å². The molecule has 1 fully saturated rings. The molecule has 2 rings (SSSR count). The highest BCUT2D eigenvalue weighted by atomic mass is 19.1. The Bertz CT molecular complexity index is 645. The van der Waals surface area contributed by atoms with E-state index < -0.39 is 11.6 Å². The highest BCUT2D eigenvalue weighted by Gasteiger charge is 2.27. The van der Waals surface area contributed by atoms with Crippen molar-refractivity contribution < 1.29 is 13.6 Å². The van der Waals surface area contributed by atoms with E-state index in [0.29, 0.717) is 38.6 Å². The van der Waals surface area contributed by atoms with Crippen LogP contribution in [0.5, 0.6) is 0 Å². The van der Waals surface area contributed by atoms with Crippen molar-refractivity contribution in [3.8, 4) is 0 Å². The minimum absolute atomic E-state index is 0.0197. The summed E-state index contributed by atoms with van der Waals surface area (Å²) in [6.45, 7) is 7.88. The van der Waals surface area contributed by atoms with Crippen LogP contribution < -0.4 is 20.9 Å². The lowest BCUT2D eigenvalue weighted by molar-refractivity contribution is -0.121. The Hall–Kier alpha value is -2.38. The normalized spacial score (nSPS) is 17.3. The summed E-state index contributed by atoms with van der Waals surface area (Å²) < 4.78 is 27.9. The van der Waals surface area contributed by atoms with E-state index in [1.165, 1.54) is 18.2 Å². The summed E-state index contributed by atoms with van der Waals surface area (Å²) in [7, 11) is 0. The summed E-state index contributed by atoms with van der Waals surface area (Å²) >= 11 is 0. The van der Waals surface area contributed by atoms with Crippen LogP contribution >= 0.6 is 0 Å². The number of carbonyl (C=O) groups is 1. The van der Waals surface area contributed by atoms with Crippen LogP contribution in [-0.2, 0) is 4.79 Å². The molecule has 1 aliphatic rings. The highest BCUT2D eigenvalue weighted by Crippen LogP contribution is 2.26. The van der Waals surface area contributed by atoms with Crippen molar-refractivity contribution in [3.05, 3.63) is 29.8 Å². The number of anilines is 1. The van der Waals surface area contributed by atoms with Gasteiger partial charge in [-0.15, -0.1) is 0 Å². The molecule has 0 saturated carbocycles. The molecule has 3 N–H and O–H groups in total. The van der Waals surface area contributed by atoms with Gasteiger partial charge in [-0.25, -0.2) is 8.78 Å². The second-order valence-electron chi connectivity index (χ2n) is 6.88.